The van der Waals surface area contributed by atoms with Gasteiger partial charge in [-0.3, -0.25) is 9.69 Å². The van der Waals surface area contributed by atoms with Gasteiger partial charge in [0.05, 0.1) is 17.7 Å². The van der Waals surface area contributed by atoms with E-state index in [2.05, 4.69) is 51.3 Å². The second-order valence-electron chi connectivity index (χ2n) is 7.26. The highest BCUT2D eigenvalue weighted by Gasteiger charge is 2.20. The third-order valence-corrected chi connectivity index (χ3v) is 6.27. The lowest BCUT2D eigenvalue weighted by atomic mass is 10.1. The first kappa shape index (κ1) is 19.7. The molecule has 1 fully saturated rings. The lowest BCUT2D eigenvalue weighted by Crippen LogP contribution is -2.46. The van der Waals surface area contributed by atoms with Gasteiger partial charge in [0, 0.05) is 43.2 Å². The molecule has 0 amide bonds. The number of Topliss-reactive ketones (excluding diaryl/α,β-unsaturated/α-hetero) is 1. The van der Waals surface area contributed by atoms with Crippen molar-refractivity contribution in [3.05, 3.63) is 66.7 Å². The van der Waals surface area contributed by atoms with Gasteiger partial charge in [0.25, 0.3) is 0 Å². The summed E-state index contributed by atoms with van der Waals surface area (Å²) in [6, 6.07) is 16.3. The van der Waals surface area contributed by atoms with Crippen LogP contribution in [0.5, 0.6) is 0 Å². The number of anilines is 1. The van der Waals surface area contributed by atoms with Gasteiger partial charge in [-0.1, -0.05) is 30.0 Å². The molecule has 1 aliphatic heterocycles. The standard InChI is InChI=1S/C23H26N4OS/c1-3-16-29-23-24-21-6-4-5-7-22(21)27(23)17-25-12-14-26(15-13-25)20-10-8-19(9-11-20)18(2)28/h3-11H,1,12-17H2,2H3. The molecule has 1 aromatic heterocycles. The lowest BCUT2D eigenvalue weighted by Gasteiger charge is -2.36. The minimum atomic E-state index is 0.110. The Morgan fingerprint density at radius 1 is 1.10 bits per heavy atom. The summed E-state index contributed by atoms with van der Waals surface area (Å²) in [7, 11) is 0. The molecule has 29 heavy (non-hydrogen) atoms. The van der Waals surface area contributed by atoms with E-state index < -0.39 is 0 Å². The number of hydrogen-bond donors (Lipinski definition) is 0. The van der Waals surface area contributed by atoms with Crippen LogP contribution in [0.25, 0.3) is 11.0 Å². The van der Waals surface area contributed by atoms with E-state index in [1.54, 1.807) is 18.7 Å². The van der Waals surface area contributed by atoms with Crippen LogP contribution >= 0.6 is 11.8 Å². The molecule has 3 aromatic rings. The second kappa shape index (κ2) is 8.84. The van der Waals surface area contributed by atoms with Gasteiger partial charge in [-0.05, 0) is 43.3 Å². The van der Waals surface area contributed by atoms with Gasteiger partial charge in [-0.2, -0.15) is 0 Å². The molecular weight excluding hydrogens is 380 g/mol. The maximum absolute atomic E-state index is 11.5. The maximum atomic E-state index is 11.5. The molecule has 5 nitrogen and oxygen atoms in total. The van der Waals surface area contributed by atoms with Gasteiger partial charge < -0.3 is 9.47 Å². The molecule has 6 heteroatoms. The maximum Gasteiger partial charge on any atom is 0.170 e. The summed E-state index contributed by atoms with van der Waals surface area (Å²) in [5.74, 6) is 0.965. The van der Waals surface area contributed by atoms with Gasteiger partial charge in [-0.25, -0.2) is 4.98 Å². The van der Waals surface area contributed by atoms with Crippen molar-refractivity contribution in [1.29, 1.82) is 0 Å². The van der Waals surface area contributed by atoms with Gasteiger partial charge >= 0.3 is 0 Å². The first-order valence-corrected chi connectivity index (χ1v) is 10.9. The van der Waals surface area contributed by atoms with E-state index >= 15 is 0 Å². The number of ketones is 1. The Kier molecular flexibility index (Phi) is 6.02. The van der Waals surface area contributed by atoms with E-state index in [0.717, 1.165) is 54.8 Å². The zero-order valence-corrected chi connectivity index (χ0v) is 17.6. The molecule has 2 heterocycles. The van der Waals surface area contributed by atoms with E-state index in [1.807, 2.05) is 24.3 Å². The van der Waals surface area contributed by atoms with Gasteiger partial charge in [-0.15, -0.1) is 6.58 Å². The van der Waals surface area contributed by atoms with Crippen molar-refractivity contribution in [2.45, 2.75) is 18.7 Å². The molecule has 0 saturated carbocycles. The fraction of sp³-hybridized carbons (Fsp3) is 0.304. The number of fused-ring (bicyclic) bond motifs is 1. The summed E-state index contributed by atoms with van der Waals surface area (Å²) >= 11 is 1.73. The predicted octanol–water partition coefficient (Wildman–Crippen LogP) is 4.30. The Morgan fingerprint density at radius 2 is 1.83 bits per heavy atom. The van der Waals surface area contributed by atoms with Crippen molar-refractivity contribution in [3.63, 3.8) is 0 Å². The highest BCUT2D eigenvalue weighted by Crippen LogP contribution is 2.25. The molecule has 0 aliphatic carbocycles. The topological polar surface area (TPSA) is 41.4 Å². The Hall–Kier alpha value is -2.57. The van der Waals surface area contributed by atoms with Crippen LogP contribution in [0, 0.1) is 0 Å². The first-order valence-electron chi connectivity index (χ1n) is 9.93. The average Bonchev–Trinajstić information content (AvgIpc) is 3.10. The van der Waals surface area contributed by atoms with Crippen molar-refractivity contribution in [2.24, 2.45) is 0 Å². The van der Waals surface area contributed by atoms with E-state index in [0.29, 0.717) is 0 Å². The molecule has 0 spiro atoms. The SMILES string of the molecule is C=CCSc1nc2ccccc2n1CN1CCN(c2ccc(C(C)=O)cc2)CC1. The number of para-hydroxylation sites is 2. The molecule has 0 unspecified atom stereocenters. The third kappa shape index (κ3) is 4.38. The van der Waals surface area contributed by atoms with E-state index in [4.69, 9.17) is 4.98 Å². The van der Waals surface area contributed by atoms with Gasteiger partial charge in [0.15, 0.2) is 10.9 Å². The van der Waals surface area contributed by atoms with Crippen molar-refractivity contribution in [1.82, 2.24) is 14.5 Å². The Bertz CT molecular complexity index is 1000. The fourth-order valence-corrected chi connectivity index (χ4v) is 4.43. The largest absolute Gasteiger partial charge is 0.369 e. The van der Waals surface area contributed by atoms with Crippen LogP contribution in [0.1, 0.15) is 17.3 Å². The summed E-state index contributed by atoms with van der Waals surface area (Å²) in [5.41, 5.74) is 4.18. The molecule has 0 atom stereocenters. The third-order valence-electron chi connectivity index (χ3n) is 5.30. The number of imidazole rings is 1. The van der Waals surface area contributed by atoms with Crippen LogP contribution < -0.4 is 4.90 Å². The van der Waals surface area contributed by atoms with Gasteiger partial charge in [0.2, 0.25) is 0 Å². The summed E-state index contributed by atoms with van der Waals surface area (Å²) in [6.45, 7) is 10.2. The van der Waals surface area contributed by atoms with Gasteiger partial charge in [0.1, 0.15) is 0 Å². The summed E-state index contributed by atoms with van der Waals surface area (Å²) in [6.07, 6.45) is 1.92. The van der Waals surface area contributed by atoms with E-state index in [1.165, 1.54) is 11.2 Å². The molecule has 0 radical (unpaired) electrons. The summed E-state index contributed by atoms with van der Waals surface area (Å²) in [5, 5.41) is 1.05. The molecule has 1 aliphatic rings. The normalized spacial score (nSPS) is 15.0. The first-order chi connectivity index (χ1) is 14.2. The van der Waals surface area contributed by atoms with Crippen molar-refractivity contribution < 1.29 is 4.79 Å². The Labute approximate surface area is 176 Å². The summed E-state index contributed by atoms with van der Waals surface area (Å²) < 4.78 is 2.32. The molecule has 0 N–H and O–H groups in total. The van der Waals surface area contributed by atoms with Crippen LogP contribution in [0.3, 0.4) is 0 Å². The second-order valence-corrected chi connectivity index (χ2v) is 8.25. The Balaban J connectivity index is 1.44. The highest BCUT2D eigenvalue weighted by atomic mass is 32.2. The molecule has 4 rings (SSSR count). The number of hydrogen-bond acceptors (Lipinski definition) is 5. The van der Waals surface area contributed by atoms with Crippen molar-refractivity contribution in [3.8, 4) is 0 Å². The Morgan fingerprint density at radius 3 is 2.52 bits per heavy atom. The summed E-state index contributed by atoms with van der Waals surface area (Å²) in [4.78, 5) is 21.2. The minimum absolute atomic E-state index is 0.110. The van der Waals surface area contributed by atoms with Crippen LogP contribution in [0.2, 0.25) is 0 Å². The van der Waals surface area contributed by atoms with E-state index in [9.17, 15) is 4.79 Å². The quantitative estimate of drug-likeness (QED) is 0.332. The molecule has 0 bridgehead atoms. The highest BCUT2D eigenvalue weighted by molar-refractivity contribution is 7.99. The number of carbonyl (C=O) groups excluding carboxylic acids is 1. The van der Waals surface area contributed by atoms with Crippen LogP contribution in [-0.2, 0) is 6.67 Å². The average molecular weight is 407 g/mol. The number of benzene rings is 2. The van der Waals surface area contributed by atoms with Crippen LogP contribution in [0.4, 0.5) is 5.69 Å². The number of carbonyl (C=O) groups is 1. The number of rotatable bonds is 7. The van der Waals surface area contributed by atoms with Crippen molar-refractivity contribution >= 4 is 34.3 Å². The molecule has 2 aromatic carbocycles. The predicted molar refractivity (Wildman–Crippen MR) is 121 cm³/mol. The fourth-order valence-electron chi connectivity index (χ4n) is 3.69. The number of nitrogens with zero attached hydrogens (tertiary/aromatic N) is 4. The monoisotopic (exact) mass is 406 g/mol. The number of aromatic nitrogens is 2. The minimum Gasteiger partial charge on any atom is -0.369 e. The number of piperazine rings is 1. The number of thioether (sulfide) groups is 1. The van der Waals surface area contributed by atoms with Crippen molar-refractivity contribution in [2.75, 3.05) is 36.8 Å². The molecule has 1 saturated heterocycles. The smallest absolute Gasteiger partial charge is 0.170 e. The zero-order chi connectivity index (χ0) is 20.2. The van der Waals surface area contributed by atoms with E-state index in [-0.39, 0.29) is 5.78 Å². The zero-order valence-electron chi connectivity index (χ0n) is 16.8. The van der Waals surface area contributed by atoms with Crippen LogP contribution in [0.15, 0.2) is 66.3 Å². The molecule has 150 valence electrons. The molecular formula is C23H26N4OS. The van der Waals surface area contributed by atoms with Crippen LogP contribution in [-0.4, -0.2) is 52.2 Å². The lowest BCUT2D eigenvalue weighted by molar-refractivity contribution is 0.101.